The summed E-state index contributed by atoms with van der Waals surface area (Å²) >= 11 is 0. The van der Waals surface area contributed by atoms with Crippen molar-refractivity contribution in [3.8, 4) is 5.75 Å². The highest BCUT2D eigenvalue weighted by molar-refractivity contribution is 5.92. The molecule has 3 aromatic rings. The predicted molar refractivity (Wildman–Crippen MR) is 96.3 cm³/mol. The summed E-state index contributed by atoms with van der Waals surface area (Å²) in [7, 11) is 1.59. The number of nitrogens with one attached hydrogen (secondary N) is 1. The van der Waals surface area contributed by atoms with E-state index in [4.69, 9.17) is 4.74 Å². The molecule has 0 saturated heterocycles. The summed E-state index contributed by atoms with van der Waals surface area (Å²) in [5.74, 6) is 0.465. The van der Waals surface area contributed by atoms with Crippen LogP contribution in [0.5, 0.6) is 5.75 Å². The minimum absolute atomic E-state index is 0.166. The van der Waals surface area contributed by atoms with Gasteiger partial charge in [0.1, 0.15) is 17.1 Å². The highest BCUT2D eigenvalue weighted by Gasteiger charge is 2.13. The molecule has 0 aliphatic heterocycles. The number of rotatable bonds is 4. The van der Waals surface area contributed by atoms with Crippen molar-refractivity contribution in [3.63, 3.8) is 0 Å². The molecular formula is C19H19N3O3. The number of carbonyl (C=O) groups is 1. The second-order valence-corrected chi connectivity index (χ2v) is 5.89. The first kappa shape index (κ1) is 16.7. The Morgan fingerprint density at radius 1 is 1.16 bits per heavy atom. The number of aromatic nitrogens is 2. The second kappa shape index (κ2) is 6.76. The van der Waals surface area contributed by atoms with Crippen LogP contribution in [0.1, 0.15) is 16.8 Å². The SMILES string of the molecule is COc1ccc(CC(=O)Nc2c(C)nc3ccc(C)cn3c2=O)cc1. The van der Waals surface area contributed by atoms with Crippen LogP contribution in [-0.2, 0) is 11.2 Å². The van der Waals surface area contributed by atoms with E-state index in [9.17, 15) is 9.59 Å². The minimum Gasteiger partial charge on any atom is -0.497 e. The number of hydrogen-bond donors (Lipinski definition) is 1. The molecule has 0 aliphatic rings. The lowest BCUT2D eigenvalue weighted by Gasteiger charge is -2.10. The normalized spacial score (nSPS) is 10.7. The summed E-state index contributed by atoms with van der Waals surface area (Å²) in [5, 5.41) is 2.70. The molecule has 1 aromatic carbocycles. The number of anilines is 1. The van der Waals surface area contributed by atoms with Gasteiger partial charge in [-0.25, -0.2) is 4.98 Å². The highest BCUT2D eigenvalue weighted by Crippen LogP contribution is 2.13. The number of nitrogens with zero attached hydrogens (tertiary/aromatic N) is 2. The van der Waals surface area contributed by atoms with Crippen molar-refractivity contribution >= 4 is 17.2 Å². The highest BCUT2D eigenvalue weighted by atomic mass is 16.5. The quantitative estimate of drug-likeness (QED) is 0.794. The Labute approximate surface area is 145 Å². The number of pyridine rings is 1. The molecule has 0 spiro atoms. The van der Waals surface area contributed by atoms with Gasteiger partial charge in [-0.1, -0.05) is 18.2 Å². The number of fused-ring (bicyclic) bond motifs is 1. The summed E-state index contributed by atoms with van der Waals surface area (Å²) < 4.78 is 6.55. The number of amides is 1. The molecular weight excluding hydrogens is 318 g/mol. The number of hydrogen-bond acceptors (Lipinski definition) is 4. The van der Waals surface area contributed by atoms with Crippen LogP contribution < -0.4 is 15.6 Å². The average Bonchev–Trinajstić information content (AvgIpc) is 2.60. The molecule has 0 bridgehead atoms. The van der Waals surface area contributed by atoms with Crippen LogP contribution in [0.25, 0.3) is 5.65 Å². The zero-order chi connectivity index (χ0) is 18.0. The largest absolute Gasteiger partial charge is 0.497 e. The number of benzene rings is 1. The zero-order valence-corrected chi connectivity index (χ0v) is 14.4. The average molecular weight is 337 g/mol. The maximum Gasteiger partial charge on any atom is 0.281 e. The van der Waals surface area contributed by atoms with Gasteiger partial charge in [0.05, 0.1) is 19.2 Å². The van der Waals surface area contributed by atoms with Gasteiger partial charge in [-0.15, -0.1) is 0 Å². The van der Waals surface area contributed by atoms with Gasteiger partial charge in [-0.3, -0.25) is 14.0 Å². The van der Waals surface area contributed by atoms with Crippen molar-refractivity contribution in [2.45, 2.75) is 20.3 Å². The lowest BCUT2D eigenvalue weighted by atomic mass is 10.1. The van der Waals surface area contributed by atoms with Gasteiger partial charge in [0.2, 0.25) is 5.91 Å². The Kier molecular flexibility index (Phi) is 4.52. The maximum atomic E-state index is 12.7. The first-order valence-electron chi connectivity index (χ1n) is 7.90. The summed E-state index contributed by atoms with van der Waals surface area (Å²) in [6.45, 7) is 3.61. The lowest BCUT2D eigenvalue weighted by molar-refractivity contribution is -0.115. The second-order valence-electron chi connectivity index (χ2n) is 5.89. The monoisotopic (exact) mass is 337 g/mol. The lowest BCUT2D eigenvalue weighted by Crippen LogP contribution is -2.26. The van der Waals surface area contributed by atoms with E-state index in [2.05, 4.69) is 10.3 Å². The van der Waals surface area contributed by atoms with Crippen molar-refractivity contribution in [2.75, 3.05) is 12.4 Å². The van der Waals surface area contributed by atoms with Gasteiger partial charge in [-0.05, 0) is 43.2 Å². The Hall–Kier alpha value is -3.15. The Morgan fingerprint density at radius 3 is 2.56 bits per heavy atom. The van der Waals surface area contributed by atoms with Gasteiger partial charge in [0.25, 0.3) is 5.56 Å². The molecule has 0 unspecified atom stereocenters. The molecule has 0 saturated carbocycles. The first-order valence-corrected chi connectivity index (χ1v) is 7.90. The summed E-state index contributed by atoms with van der Waals surface area (Å²) in [6, 6.07) is 10.9. The maximum absolute atomic E-state index is 12.7. The number of methoxy groups -OCH3 is 1. The first-order chi connectivity index (χ1) is 12.0. The van der Waals surface area contributed by atoms with E-state index in [0.717, 1.165) is 16.9 Å². The topological polar surface area (TPSA) is 72.7 Å². The van der Waals surface area contributed by atoms with E-state index in [1.165, 1.54) is 4.40 Å². The molecule has 25 heavy (non-hydrogen) atoms. The van der Waals surface area contributed by atoms with Gasteiger partial charge in [0, 0.05) is 6.20 Å². The summed E-state index contributed by atoms with van der Waals surface area (Å²) in [6.07, 6.45) is 1.88. The summed E-state index contributed by atoms with van der Waals surface area (Å²) in [4.78, 5) is 29.4. The number of aryl methyl sites for hydroxylation is 2. The third-order valence-electron chi connectivity index (χ3n) is 3.94. The molecule has 6 nitrogen and oxygen atoms in total. The fourth-order valence-corrected chi connectivity index (χ4v) is 2.61. The van der Waals surface area contributed by atoms with E-state index in [1.54, 1.807) is 38.4 Å². The molecule has 128 valence electrons. The van der Waals surface area contributed by atoms with Crippen LogP contribution in [0.2, 0.25) is 0 Å². The van der Waals surface area contributed by atoms with Gasteiger partial charge < -0.3 is 10.1 Å². The molecule has 1 amide bonds. The molecule has 0 aliphatic carbocycles. The molecule has 2 aromatic heterocycles. The van der Waals surface area contributed by atoms with Crippen molar-refractivity contribution < 1.29 is 9.53 Å². The molecule has 6 heteroatoms. The molecule has 2 heterocycles. The zero-order valence-electron chi connectivity index (χ0n) is 14.4. The standard InChI is InChI=1S/C19H19N3O3/c1-12-4-9-16-20-13(2)18(19(24)22(16)11-12)21-17(23)10-14-5-7-15(25-3)8-6-14/h4-9,11H,10H2,1-3H3,(H,21,23). The van der Waals surface area contributed by atoms with E-state index in [0.29, 0.717) is 11.3 Å². The smallest absolute Gasteiger partial charge is 0.281 e. The number of carbonyl (C=O) groups excluding carboxylic acids is 1. The number of ether oxygens (including phenoxy) is 1. The van der Waals surface area contributed by atoms with Gasteiger partial charge in [0.15, 0.2) is 0 Å². The van der Waals surface area contributed by atoms with Crippen molar-refractivity contribution in [1.29, 1.82) is 0 Å². The molecule has 3 rings (SSSR count). The van der Waals surface area contributed by atoms with E-state index in [-0.39, 0.29) is 23.6 Å². The fraction of sp³-hybridized carbons (Fsp3) is 0.211. The Morgan fingerprint density at radius 2 is 1.88 bits per heavy atom. The third-order valence-corrected chi connectivity index (χ3v) is 3.94. The van der Waals surface area contributed by atoms with Crippen molar-refractivity contribution in [2.24, 2.45) is 0 Å². The van der Waals surface area contributed by atoms with E-state index in [1.807, 2.05) is 25.1 Å². The third kappa shape index (κ3) is 3.52. The van der Waals surface area contributed by atoms with E-state index >= 15 is 0 Å². The van der Waals surface area contributed by atoms with Crippen molar-refractivity contribution in [3.05, 3.63) is 69.8 Å². The van der Waals surface area contributed by atoms with Crippen molar-refractivity contribution in [1.82, 2.24) is 9.38 Å². The van der Waals surface area contributed by atoms with Crippen LogP contribution in [0.15, 0.2) is 47.4 Å². The Bertz CT molecular complexity index is 991. The van der Waals surface area contributed by atoms with Crippen LogP contribution in [0.4, 0.5) is 5.69 Å². The molecule has 0 fully saturated rings. The fourth-order valence-electron chi connectivity index (χ4n) is 2.61. The van der Waals surface area contributed by atoms with Crippen LogP contribution in [0, 0.1) is 13.8 Å². The summed E-state index contributed by atoms with van der Waals surface area (Å²) in [5.41, 5.74) is 2.76. The van der Waals surface area contributed by atoms with Gasteiger partial charge >= 0.3 is 0 Å². The Balaban J connectivity index is 1.86. The van der Waals surface area contributed by atoms with Crippen LogP contribution >= 0.6 is 0 Å². The van der Waals surface area contributed by atoms with E-state index < -0.39 is 0 Å². The van der Waals surface area contributed by atoms with Crippen LogP contribution in [0.3, 0.4) is 0 Å². The molecule has 0 atom stereocenters. The molecule has 0 radical (unpaired) electrons. The minimum atomic E-state index is -0.283. The van der Waals surface area contributed by atoms with Gasteiger partial charge in [-0.2, -0.15) is 0 Å². The predicted octanol–water partition coefficient (Wildman–Crippen LogP) is 2.50. The van der Waals surface area contributed by atoms with Crippen LogP contribution in [-0.4, -0.2) is 22.4 Å². The molecule has 1 N–H and O–H groups in total.